The largest absolute Gasteiger partial charge is 0.280 e. The smallest absolute Gasteiger partial charge is 0.263 e. The molecule has 3 aromatic rings. The fourth-order valence-electron chi connectivity index (χ4n) is 2.76. The van der Waals surface area contributed by atoms with E-state index in [0.717, 1.165) is 22.2 Å². The third kappa shape index (κ3) is 2.45. The van der Waals surface area contributed by atoms with E-state index in [9.17, 15) is 4.79 Å². The van der Waals surface area contributed by atoms with Crippen LogP contribution in [0.5, 0.6) is 0 Å². The van der Waals surface area contributed by atoms with E-state index in [2.05, 4.69) is 33.8 Å². The van der Waals surface area contributed by atoms with E-state index >= 15 is 0 Å². The first-order valence-corrected chi connectivity index (χ1v) is 7.60. The van der Waals surface area contributed by atoms with E-state index in [1.54, 1.807) is 0 Å². The first kappa shape index (κ1) is 14.6. The van der Waals surface area contributed by atoms with Crippen molar-refractivity contribution in [1.29, 1.82) is 0 Å². The number of pyridine rings is 1. The van der Waals surface area contributed by atoms with Crippen LogP contribution in [0.15, 0.2) is 59.4 Å². The SMILES string of the molecule is Cc1ccc(-n2c(C(C)(C)C)cc3ccccc3c2=O)cc1. The van der Waals surface area contributed by atoms with Gasteiger partial charge in [0.15, 0.2) is 0 Å². The second kappa shape index (κ2) is 5.13. The van der Waals surface area contributed by atoms with Crippen LogP contribution < -0.4 is 5.56 Å². The van der Waals surface area contributed by atoms with Crippen LogP contribution in [-0.2, 0) is 5.41 Å². The van der Waals surface area contributed by atoms with Gasteiger partial charge in [0.05, 0.1) is 0 Å². The normalized spacial score (nSPS) is 11.8. The third-order valence-electron chi connectivity index (χ3n) is 3.99. The Morgan fingerprint density at radius 3 is 2.18 bits per heavy atom. The van der Waals surface area contributed by atoms with Crippen LogP contribution in [0.25, 0.3) is 16.5 Å². The Balaban J connectivity index is 2.43. The van der Waals surface area contributed by atoms with Crippen LogP contribution in [0.3, 0.4) is 0 Å². The minimum absolute atomic E-state index is 0.0480. The monoisotopic (exact) mass is 291 g/mol. The maximum Gasteiger partial charge on any atom is 0.263 e. The lowest BCUT2D eigenvalue weighted by molar-refractivity contribution is 0.549. The topological polar surface area (TPSA) is 22.0 Å². The number of fused-ring (bicyclic) bond motifs is 1. The number of nitrogens with zero attached hydrogens (tertiary/aromatic N) is 1. The van der Waals surface area contributed by atoms with Crippen molar-refractivity contribution in [3.8, 4) is 5.69 Å². The number of rotatable bonds is 1. The van der Waals surface area contributed by atoms with Gasteiger partial charge in [-0.15, -0.1) is 0 Å². The first-order chi connectivity index (χ1) is 10.4. The second-order valence-corrected chi connectivity index (χ2v) is 6.84. The average molecular weight is 291 g/mol. The van der Waals surface area contributed by atoms with Gasteiger partial charge < -0.3 is 0 Å². The predicted octanol–water partition coefficient (Wildman–Crippen LogP) is 4.60. The van der Waals surface area contributed by atoms with E-state index < -0.39 is 0 Å². The molecule has 0 spiro atoms. The molecule has 0 aliphatic carbocycles. The van der Waals surface area contributed by atoms with Gasteiger partial charge in [-0.1, -0.05) is 56.7 Å². The van der Waals surface area contributed by atoms with Crippen molar-refractivity contribution in [1.82, 2.24) is 4.57 Å². The van der Waals surface area contributed by atoms with Crippen LogP contribution in [-0.4, -0.2) is 4.57 Å². The summed E-state index contributed by atoms with van der Waals surface area (Å²) in [6.07, 6.45) is 0. The van der Waals surface area contributed by atoms with Crippen LogP contribution >= 0.6 is 0 Å². The molecular formula is C20H21NO. The highest BCUT2D eigenvalue weighted by Crippen LogP contribution is 2.26. The van der Waals surface area contributed by atoms with E-state index in [-0.39, 0.29) is 11.0 Å². The van der Waals surface area contributed by atoms with Crippen LogP contribution in [0.1, 0.15) is 32.0 Å². The number of hydrogen-bond donors (Lipinski definition) is 0. The molecule has 0 radical (unpaired) electrons. The van der Waals surface area contributed by atoms with Gasteiger partial charge in [-0.3, -0.25) is 9.36 Å². The lowest BCUT2D eigenvalue weighted by Crippen LogP contribution is -2.28. The summed E-state index contributed by atoms with van der Waals surface area (Å²) in [5, 5.41) is 1.76. The molecule has 0 bridgehead atoms. The number of aryl methyl sites for hydroxylation is 1. The standard InChI is InChI=1S/C20H21NO/c1-14-9-11-16(12-10-14)21-18(20(2,3)4)13-15-7-5-6-8-17(15)19(21)22/h5-13H,1-4H3. The molecule has 1 aromatic heterocycles. The van der Waals surface area contributed by atoms with Gasteiger partial charge in [-0.05, 0) is 36.6 Å². The third-order valence-corrected chi connectivity index (χ3v) is 3.99. The summed E-state index contributed by atoms with van der Waals surface area (Å²) in [6.45, 7) is 8.47. The molecule has 112 valence electrons. The average Bonchev–Trinajstić information content (AvgIpc) is 2.47. The lowest BCUT2D eigenvalue weighted by atomic mass is 9.89. The van der Waals surface area contributed by atoms with Crippen molar-refractivity contribution in [3.05, 3.63) is 76.2 Å². The summed E-state index contributed by atoms with van der Waals surface area (Å²) in [5.41, 5.74) is 3.07. The van der Waals surface area contributed by atoms with Crippen LogP contribution in [0, 0.1) is 6.92 Å². The molecule has 0 saturated heterocycles. The Morgan fingerprint density at radius 2 is 1.55 bits per heavy atom. The van der Waals surface area contributed by atoms with Crippen LogP contribution in [0.4, 0.5) is 0 Å². The molecule has 0 unspecified atom stereocenters. The number of aromatic nitrogens is 1. The zero-order valence-corrected chi connectivity index (χ0v) is 13.6. The van der Waals surface area contributed by atoms with Gasteiger partial charge in [0.25, 0.3) is 5.56 Å². The molecule has 22 heavy (non-hydrogen) atoms. The van der Waals surface area contributed by atoms with Gasteiger partial charge >= 0.3 is 0 Å². The fraction of sp³-hybridized carbons (Fsp3) is 0.250. The summed E-state index contributed by atoms with van der Waals surface area (Å²) < 4.78 is 1.85. The first-order valence-electron chi connectivity index (χ1n) is 7.60. The molecule has 0 atom stereocenters. The van der Waals surface area contributed by atoms with Gasteiger partial charge in [0.1, 0.15) is 0 Å². The van der Waals surface area contributed by atoms with Crippen molar-refractivity contribution < 1.29 is 0 Å². The Hall–Kier alpha value is -2.35. The Bertz CT molecular complexity index is 880. The van der Waals surface area contributed by atoms with Crippen molar-refractivity contribution in [2.75, 3.05) is 0 Å². The number of hydrogen-bond acceptors (Lipinski definition) is 1. The molecule has 2 heteroatoms. The maximum atomic E-state index is 13.0. The fourth-order valence-corrected chi connectivity index (χ4v) is 2.76. The molecule has 3 rings (SSSR count). The molecule has 0 fully saturated rings. The highest BCUT2D eigenvalue weighted by atomic mass is 16.1. The lowest BCUT2D eigenvalue weighted by Gasteiger charge is -2.25. The van der Waals surface area contributed by atoms with Gasteiger partial charge in [-0.2, -0.15) is 0 Å². The molecule has 0 aliphatic rings. The maximum absolute atomic E-state index is 13.0. The van der Waals surface area contributed by atoms with E-state index in [1.165, 1.54) is 5.56 Å². The molecule has 0 N–H and O–H groups in total. The Kier molecular flexibility index (Phi) is 3.40. The molecule has 2 aromatic carbocycles. The van der Waals surface area contributed by atoms with Gasteiger partial charge in [-0.25, -0.2) is 0 Å². The highest BCUT2D eigenvalue weighted by Gasteiger charge is 2.21. The molecule has 0 saturated carbocycles. The van der Waals surface area contributed by atoms with Crippen molar-refractivity contribution in [2.45, 2.75) is 33.1 Å². The zero-order chi connectivity index (χ0) is 15.9. The molecule has 2 nitrogen and oxygen atoms in total. The van der Waals surface area contributed by atoms with E-state index in [1.807, 2.05) is 53.1 Å². The van der Waals surface area contributed by atoms with Crippen molar-refractivity contribution in [3.63, 3.8) is 0 Å². The van der Waals surface area contributed by atoms with Crippen molar-refractivity contribution >= 4 is 10.8 Å². The predicted molar refractivity (Wildman–Crippen MR) is 93.0 cm³/mol. The number of benzene rings is 2. The van der Waals surface area contributed by atoms with Gasteiger partial charge in [0.2, 0.25) is 0 Å². The van der Waals surface area contributed by atoms with Crippen LogP contribution in [0.2, 0.25) is 0 Å². The summed E-state index contributed by atoms with van der Waals surface area (Å²) in [4.78, 5) is 13.0. The molecule has 0 amide bonds. The molecule has 0 aliphatic heterocycles. The quantitative estimate of drug-likeness (QED) is 0.642. The van der Waals surface area contributed by atoms with Gasteiger partial charge in [0, 0.05) is 22.2 Å². The zero-order valence-electron chi connectivity index (χ0n) is 13.6. The highest BCUT2D eigenvalue weighted by molar-refractivity contribution is 5.82. The van der Waals surface area contributed by atoms with E-state index in [0.29, 0.717) is 0 Å². The molecular weight excluding hydrogens is 270 g/mol. The van der Waals surface area contributed by atoms with Crippen molar-refractivity contribution in [2.24, 2.45) is 0 Å². The summed E-state index contributed by atoms with van der Waals surface area (Å²) >= 11 is 0. The second-order valence-electron chi connectivity index (χ2n) is 6.84. The Labute approximate surface area is 131 Å². The molecule has 1 heterocycles. The van der Waals surface area contributed by atoms with E-state index in [4.69, 9.17) is 0 Å². The summed E-state index contributed by atoms with van der Waals surface area (Å²) in [6, 6.07) is 18.1. The minimum atomic E-state index is -0.117. The summed E-state index contributed by atoms with van der Waals surface area (Å²) in [5.74, 6) is 0. The summed E-state index contributed by atoms with van der Waals surface area (Å²) in [7, 11) is 0. The Morgan fingerprint density at radius 1 is 0.909 bits per heavy atom. The minimum Gasteiger partial charge on any atom is -0.280 e.